The van der Waals surface area contributed by atoms with Crippen LogP contribution in [-0.4, -0.2) is 18.7 Å². The lowest BCUT2D eigenvalue weighted by atomic mass is 9.45. The molecule has 0 radical (unpaired) electrons. The fourth-order valence-electron chi connectivity index (χ4n) is 5.36. The molecule has 0 spiro atoms. The van der Waals surface area contributed by atoms with Crippen molar-refractivity contribution in [2.75, 3.05) is 7.11 Å². The molecule has 0 heterocycles. The van der Waals surface area contributed by atoms with Crippen molar-refractivity contribution >= 4 is 11.6 Å². The average Bonchev–Trinajstić information content (AvgIpc) is 2.41. The largest absolute Gasteiger partial charge is 0.493 e. The number of hydrogen-bond donors (Lipinski definition) is 0. The van der Waals surface area contributed by atoms with Crippen LogP contribution < -0.4 is 0 Å². The standard InChI is InChI=1S/C19H26O3/c1-17(2)8-6-9-18(3)13(17)7-10-19(4)14(20)11-12(22-5)15(21)16(18)19/h7,11,16H,6,8-10H2,1-5H3/t16?,18?,19-/m0/s1. The van der Waals surface area contributed by atoms with Crippen molar-refractivity contribution in [1.29, 1.82) is 0 Å². The lowest BCUT2D eigenvalue weighted by Crippen LogP contribution is -2.56. The summed E-state index contributed by atoms with van der Waals surface area (Å²) >= 11 is 0. The molecule has 2 unspecified atom stereocenters. The summed E-state index contributed by atoms with van der Waals surface area (Å²) in [5, 5.41) is 0. The Kier molecular flexibility index (Phi) is 3.22. The van der Waals surface area contributed by atoms with Crippen LogP contribution in [0.5, 0.6) is 0 Å². The first-order valence-corrected chi connectivity index (χ1v) is 8.22. The number of ketones is 2. The molecule has 0 aliphatic heterocycles. The Morgan fingerprint density at radius 1 is 1.09 bits per heavy atom. The number of ether oxygens (including phenoxy) is 1. The average molecular weight is 302 g/mol. The molecule has 3 rings (SSSR count). The molecule has 0 aromatic heterocycles. The van der Waals surface area contributed by atoms with Gasteiger partial charge in [0.25, 0.3) is 0 Å². The first kappa shape index (κ1) is 15.5. The Morgan fingerprint density at radius 3 is 2.41 bits per heavy atom. The lowest BCUT2D eigenvalue weighted by molar-refractivity contribution is -0.146. The van der Waals surface area contributed by atoms with E-state index in [1.807, 2.05) is 6.92 Å². The molecule has 120 valence electrons. The zero-order chi connectivity index (χ0) is 16.3. The van der Waals surface area contributed by atoms with Crippen LogP contribution in [0, 0.1) is 22.2 Å². The zero-order valence-electron chi connectivity index (χ0n) is 14.3. The topological polar surface area (TPSA) is 43.4 Å². The first-order chi connectivity index (χ1) is 10.2. The molecule has 0 aromatic carbocycles. The summed E-state index contributed by atoms with van der Waals surface area (Å²) in [5.74, 6) is -0.0189. The van der Waals surface area contributed by atoms with Crippen LogP contribution >= 0.6 is 0 Å². The molecule has 0 N–H and O–H groups in total. The Balaban J connectivity index is 2.19. The normalized spacial score (nSPS) is 40.3. The van der Waals surface area contributed by atoms with Crippen molar-refractivity contribution in [2.45, 2.75) is 53.4 Å². The first-order valence-electron chi connectivity index (χ1n) is 8.22. The number of hydrogen-bond acceptors (Lipinski definition) is 3. The minimum atomic E-state index is -0.620. The van der Waals surface area contributed by atoms with E-state index in [-0.39, 0.29) is 34.1 Å². The molecule has 1 saturated carbocycles. The highest BCUT2D eigenvalue weighted by Gasteiger charge is 2.61. The van der Waals surface area contributed by atoms with Gasteiger partial charge in [-0.2, -0.15) is 0 Å². The molecule has 1 fully saturated rings. The lowest BCUT2D eigenvalue weighted by Gasteiger charge is -2.57. The molecule has 0 saturated heterocycles. The van der Waals surface area contributed by atoms with Crippen molar-refractivity contribution in [3.8, 4) is 0 Å². The van der Waals surface area contributed by atoms with Crippen LogP contribution in [0.3, 0.4) is 0 Å². The van der Waals surface area contributed by atoms with E-state index in [0.717, 1.165) is 19.3 Å². The number of rotatable bonds is 1. The van der Waals surface area contributed by atoms with E-state index in [9.17, 15) is 9.59 Å². The number of carbonyl (C=O) groups excluding carboxylic acids is 2. The highest BCUT2D eigenvalue weighted by atomic mass is 16.5. The minimum Gasteiger partial charge on any atom is -0.493 e. The van der Waals surface area contributed by atoms with Crippen molar-refractivity contribution in [2.24, 2.45) is 22.2 Å². The van der Waals surface area contributed by atoms with Crippen molar-refractivity contribution in [1.82, 2.24) is 0 Å². The molecule has 22 heavy (non-hydrogen) atoms. The van der Waals surface area contributed by atoms with Crippen molar-refractivity contribution < 1.29 is 14.3 Å². The van der Waals surface area contributed by atoms with E-state index in [4.69, 9.17) is 4.74 Å². The third-order valence-electron chi connectivity index (χ3n) is 6.40. The van der Waals surface area contributed by atoms with Gasteiger partial charge in [0.15, 0.2) is 11.5 Å². The van der Waals surface area contributed by atoms with Gasteiger partial charge >= 0.3 is 0 Å². The number of carbonyl (C=O) groups is 2. The second-order valence-electron chi connectivity index (χ2n) is 8.27. The molecule has 3 heteroatoms. The molecule has 3 aliphatic rings. The number of methoxy groups -OCH3 is 1. The highest BCUT2D eigenvalue weighted by molar-refractivity contribution is 6.12. The van der Waals surface area contributed by atoms with Crippen molar-refractivity contribution in [3.05, 3.63) is 23.5 Å². The van der Waals surface area contributed by atoms with Gasteiger partial charge in [-0.05, 0) is 24.7 Å². The van der Waals surface area contributed by atoms with E-state index >= 15 is 0 Å². The molecule has 0 bridgehead atoms. The van der Waals surface area contributed by atoms with Gasteiger partial charge in [-0.3, -0.25) is 9.59 Å². The van der Waals surface area contributed by atoms with E-state index in [1.165, 1.54) is 18.8 Å². The van der Waals surface area contributed by atoms with Crippen LogP contribution in [0.4, 0.5) is 0 Å². The fourth-order valence-corrected chi connectivity index (χ4v) is 5.36. The predicted octanol–water partition coefficient (Wildman–Crippen LogP) is 3.84. The van der Waals surface area contributed by atoms with E-state index < -0.39 is 5.41 Å². The van der Waals surface area contributed by atoms with Crippen LogP contribution in [0.1, 0.15) is 53.4 Å². The molecule has 0 amide bonds. The van der Waals surface area contributed by atoms with Gasteiger partial charge in [0, 0.05) is 22.8 Å². The van der Waals surface area contributed by atoms with Gasteiger partial charge in [0.1, 0.15) is 0 Å². The summed E-state index contributed by atoms with van der Waals surface area (Å²) < 4.78 is 5.22. The summed E-state index contributed by atoms with van der Waals surface area (Å²) in [6.45, 7) is 8.68. The second kappa shape index (κ2) is 4.56. The van der Waals surface area contributed by atoms with Crippen molar-refractivity contribution in [3.63, 3.8) is 0 Å². The quantitative estimate of drug-likeness (QED) is 0.691. The molecule has 3 atom stereocenters. The Bertz CT molecular complexity index is 610. The molecular weight excluding hydrogens is 276 g/mol. The molecular formula is C19H26O3. The number of Topliss-reactive ketones (excluding diaryl/α,β-unsaturated/α-hetero) is 1. The summed E-state index contributed by atoms with van der Waals surface area (Å²) in [5.41, 5.74) is 0.614. The van der Waals surface area contributed by atoms with Gasteiger partial charge in [-0.1, -0.05) is 45.8 Å². The van der Waals surface area contributed by atoms with E-state index in [1.54, 1.807) is 0 Å². The van der Waals surface area contributed by atoms with Gasteiger partial charge in [-0.15, -0.1) is 0 Å². The summed E-state index contributed by atoms with van der Waals surface area (Å²) in [7, 11) is 1.48. The smallest absolute Gasteiger partial charge is 0.202 e. The Labute approximate surface area is 132 Å². The molecule has 0 aromatic rings. The maximum Gasteiger partial charge on any atom is 0.202 e. The number of fused-ring (bicyclic) bond motifs is 3. The minimum absolute atomic E-state index is 0.00963. The van der Waals surface area contributed by atoms with Crippen LogP contribution in [-0.2, 0) is 14.3 Å². The maximum absolute atomic E-state index is 13.0. The van der Waals surface area contributed by atoms with Crippen LogP contribution in [0.25, 0.3) is 0 Å². The Morgan fingerprint density at radius 2 is 1.77 bits per heavy atom. The summed E-state index contributed by atoms with van der Waals surface area (Å²) in [4.78, 5) is 25.7. The predicted molar refractivity (Wildman–Crippen MR) is 85.1 cm³/mol. The Hall–Kier alpha value is -1.38. The second-order valence-corrected chi connectivity index (χ2v) is 8.27. The van der Waals surface area contributed by atoms with Gasteiger partial charge < -0.3 is 4.74 Å². The maximum atomic E-state index is 13.0. The zero-order valence-corrected chi connectivity index (χ0v) is 14.3. The van der Waals surface area contributed by atoms with Gasteiger partial charge in [0.05, 0.1) is 7.11 Å². The molecule has 3 nitrogen and oxygen atoms in total. The van der Waals surface area contributed by atoms with E-state index in [2.05, 4.69) is 26.8 Å². The monoisotopic (exact) mass is 302 g/mol. The highest BCUT2D eigenvalue weighted by Crippen LogP contribution is 2.63. The van der Waals surface area contributed by atoms with E-state index in [0.29, 0.717) is 6.42 Å². The van der Waals surface area contributed by atoms with Crippen LogP contribution in [0.15, 0.2) is 23.5 Å². The number of allylic oxidation sites excluding steroid dienone is 4. The van der Waals surface area contributed by atoms with Gasteiger partial charge in [-0.25, -0.2) is 0 Å². The van der Waals surface area contributed by atoms with Gasteiger partial charge in [0.2, 0.25) is 5.78 Å². The third kappa shape index (κ3) is 1.80. The van der Waals surface area contributed by atoms with Crippen LogP contribution in [0.2, 0.25) is 0 Å². The SMILES string of the molecule is COC1=CC(=O)[C@]2(C)CC=C3C(C)(C)CCCC3(C)C2C1=O. The third-order valence-corrected chi connectivity index (χ3v) is 6.40. The fraction of sp³-hybridized carbons (Fsp3) is 0.684. The summed E-state index contributed by atoms with van der Waals surface area (Å²) in [6.07, 6.45) is 7.54. The molecule has 3 aliphatic carbocycles. The summed E-state index contributed by atoms with van der Waals surface area (Å²) in [6, 6.07) is 0.